The molecule has 0 aliphatic rings. The van der Waals surface area contributed by atoms with Crippen LogP contribution < -0.4 is 5.32 Å². The number of rotatable bonds is 2. The molecule has 0 radical (unpaired) electrons. The third kappa shape index (κ3) is 2.89. The summed E-state index contributed by atoms with van der Waals surface area (Å²) in [7, 11) is 0. The first-order valence-electron chi connectivity index (χ1n) is 5.23. The molecule has 0 aromatic heterocycles. The molecule has 0 aliphatic heterocycles. The molecule has 0 spiro atoms. The first-order valence-corrected chi connectivity index (χ1v) is 6.40. The van der Waals surface area contributed by atoms with E-state index in [1.807, 2.05) is 0 Å². The molecule has 0 amide bonds. The Bertz CT molecular complexity index is 682. The lowest BCUT2D eigenvalue weighted by Crippen LogP contribution is -2.00. The van der Waals surface area contributed by atoms with E-state index in [2.05, 4.69) is 21.2 Å². The van der Waals surface area contributed by atoms with Gasteiger partial charge in [0.1, 0.15) is 11.5 Å². The van der Waals surface area contributed by atoms with E-state index in [9.17, 15) is 13.2 Å². The van der Waals surface area contributed by atoms with E-state index >= 15 is 0 Å². The highest BCUT2D eigenvalue weighted by Gasteiger charge is 2.15. The van der Waals surface area contributed by atoms with Crippen molar-refractivity contribution in [1.29, 1.82) is 5.26 Å². The van der Waals surface area contributed by atoms with Crippen LogP contribution in [0.25, 0.3) is 0 Å². The van der Waals surface area contributed by atoms with Crippen molar-refractivity contribution in [3.63, 3.8) is 0 Å². The van der Waals surface area contributed by atoms with Crippen molar-refractivity contribution in [2.75, 3.05) is 5.32 Å². The van der Waals surface area contributed by atoms with Crippen molar-refractivity contribution >= 4 is 38.9 Å². The fourth-order valence-corrected chi connectivity index (χ4v) is 2.44. The van der Waals surface area contributed by atoms with Gasteiger partial charge in [0.2, 0.25) is 0 Å². The van der Waals surface area contributed by atoms with Gasteiger partial charge in [-0.25, -0.2) is 13.2 Å². The second-order valence-corrected chi connectivity index (χ2v) is 5.06. The van der Waals surface area contributed by atoms with E-state index in [4.69, 9.17) is 16.9 Å². The summed E-state index contributed by atoms with van der Waals surface area (Å²) in [4.78, 5) is 0. The number of hydrogen-bond acceptors (Lipinski definition) is 2. The molecule has 0 fully saturated rings. The monoisotopic (exact) mass is 360 g/mol. The first-order chi connectivity index (χ1) is 9.42. The zero-order valence-electron chi connectivity index (χ0n) is 9.65. The van der Waals surface area contributed by atoms with E-state index in [0.717, 1.165) is 24.3 Å². The van der Waals surface area contributed by atoms with Crippen LogP contribution in [0, 0.1) is 28.8 Å². The van der Waals surface area contributed by atoms with Gasteiger partial charge in [-0.3, -0.25) is 0 Å². The molecule has 102 valence electrons. The van der Waals surface area contributed by atoms with Crippen molar-refractivity contribution in [1.82, 2.24) is 0 Å². The van der Waals surface area contributed by atoms with E-state index in [1.165, 1.54) is 0 Å². The molecule has 0 saturated carbocycles. The van der Waals surface area contributed by atoms with Crippen LogP contribution in [0.4, 0.5) is 24.5 Å². The lowest BCUT2D eigenvalue weighted by atomic mass is 10.2. The van der Waals surface area contributed by atoms with Gasteiger partial charge in [-0.15, -0.1) is 0 Å². The van der Waals surface area contributed by atoms with Gasteiger partial charge in [0.15, 0.2) is 11.6 Å². The molecule has 0 bridgehead atoms. The number of halogens is 5. The number of nitrogens with one attached hydrogen (secondary N) is 1. The minimum absolute atomic E-state index is 0.0416. The summed E-state index contributed by atoms with van der Waals surface area (Å²) in [6.45, 7) is 0. The molecule has 2 rings (SSSR count). The quantitative estimate of drug-likeness (QED) is 0.804. The Morgan fingerprint density at radius 3 is 2.15 bits per heavy atom. The topological polar surface area (TPSA) is 35.8 Å². The summed E-state index contributed by atoms with van der Waals surface area (Å²) in [6.07, 6.45) is 0. The highest BCUT2D eigenvalue weighted by molar-refractivity contribution is 9.10. The fraction of sp³-hybridized carbons (Fsp3) is 0. The summed E-state index contributed by atoms with van der Waals surface area (Å²) < 4.78 is 40.8. The highest BCUT2D eigenvalue weighted by Crippen LogP contribution is 2.35. The Hall–Kier alpha value is -1.71. The molecular formula is C13H5BrClF3N2. The number of anilines is 2. The summed E-state index contributed by atoms with van der Waals surface area (Å²) in [6, 6.07) is 5.52. The molecule has 20 heavy (non-hydrogen) atoms. The molecular weight excluding hydrogens is 357 g/mol. The fourth-order valence-electron chi connectivity index (χ4n) is 1.54. The average molecular weight is 362 g/mol. The number of benzene rings is 2. The van der Waals surface area contributed by atoms with E-state index in [0.29, 0.717) is 0 Å². The second-order valence-electron chi connectivity index (χ2n) is 3.80. The van der Waals surface area contributed by atoms with Gasteiger partial charge in [-0.1, -0.05) is 11.6 Å². The summed E-state index contributed by atoms with van der Waals surface area (Å²) >= 11 is 8.87. The summed E-state index contributed by atoms with van der Waals surface area (Å²) in [5.74, 6) is -2.49. The van der Waals surface area contributed by atoms with Crippen LogP contribution >= 0.6 is 27.5 Å². The minimum Gasteiger partial charge on any atom is -0.349 e. The predicted molar refractivity (Wildman–Crippen MR) is 73.5 cm³/mol. The van der Waals surface area contributed by atoms with Crippen LogP contribution in [-0.2, 0) is 0 Å². The van der Waals surface area contributed by atoms with Gasteiger partial charge < -0.3 is 5.32 Å². The van der Waals surface area contributed by atoms with Crippen LogP contribution in [0.5, 0.6) is 0 Å². The van der Waals surface area contributed by atoms with E-state index in [-0.39, 0.29) is 20.7 Å². The zero-order valence-corrected chi connectivity index (χ0v) is 12.0. The van der Waals surface area contributed by atoms with Gasteiger partial charge in [0, 0.05) is 4.47 Å². The maximum Gasteiger partial charge on any atom is 0.150 e. The van der Waals surface area contributed by atoms with Crippen molar-refractivity contribution in [3.8, 4) is 6.07 Å². The predicted octanol–water partition coefficient (Wildman–Crippen LogP) is 5.14. The van der Waals surface area contributed by atoms with Crippen molar-refractivity contribution < 1.29 is 13.2 Å². The van der Waals surface area contributed by atoms with Crippen LogP contribution in [0.2, 0.25) is 5.02 Å². The van der Waals surface area contributed by atoms with Gasteiger partial charge in [-0.05, 0) is 40.2 Å². The molecule has 0 heterocycles. The van der Waals surface area contributed by atoms with Crippen molar-refractivity contribution in [2.24, 2.45) is 0 Å². The van der Waals surface area contributed by atoms with Crippen LogP contribution in [-0.4, -0.2) is 0 Å². The highest BCUT2D eigenvalue weighted by atomic mass is 79.9. The largest absolute Gasteiger partial charge is 0.349 e. The smallest absolute Gasteiger partial charge is 0.150 e. The number of nitrogens with zero attached hydrogens (tertiary/aromatic N) is 1. The summed E-state index contributed by atoms with van der Waals surface area (Å²) in [5, 5.41) is 11.0. The lowest BCUT2D eigenvalue weighted by Gasteiger charge is -2.12. The minimum atomic E-state index is -0.950. The van der Waals surface area contributed by atoms with Crippen LogP contribution in [0.15, 0.2) is 28.7 Å². The van der Waals surface area contributed by atoms with Gasteiger partial charge in [0.25, 0.3) is 0 Å². The Balaban J connectivity index is 2.49. The molecule has 7 heteroatoms. The van der Waals surface area contributed by atoms with Gasteiger partial charge >= 0.3 is 0 Å². The molecule has 0 atom stereocenters. The molecule has 2 aromatic carbocycles. The average Bonchev–Trinajstić information content (AvgIpc) is 2.35. The molecule has 2 nitrogen and oxygen atoms in total. The van der Waals surface area contributed by atoms with Crippen LogP contribution in [0.3, 0.4) is 0 Å². The maximum absolute atomic E-state index is 13.7. The van der Waals surface area contributed by atoms with E-state index < -0.39 is 23.1 Å². The SMILES string of the molecule is N#Cc1cc(F)c(Nc2c(Cl)cc(F)cc2Br)c(F)c1. The Labute approximate surface area is 125 Å². The summed E-state index contributed by atoms with van der Waals surface area (Å²) in [5.41, 5.74) is -0.497. The molecule has 0 saturated heterocycles. The van der Waals surface area contributed by atoms with Gasteiger partial charge in [-0.2, -0.15) is 5.26 Å². The third-order valence-corrected chi connectivity index (χ3v) is 3.35. The molecule has 2 aromatic rings. The standard InChI is InChI=1S/C13H5BrClF3N2/c14-8-3-7(16)4-9(15)12(8)20-13-10(17)1-6(5-19)2-11(13)18/h1-4,20H. The Kier molecular flexibility index (Phi) is 4.21. The third-order valence-electron chi connectivity index (χ3n) is 2.43. The lowest BCUT2D eigenvalue weighted by molar-refractivity contribution is 0.590. The Morgan fingerprint density at radius 2 is 1.65 bits per heavy atom. The van der Waals surface area contributed by atoms with E-state index in [1.54, 1.807) is 6.07 Å². The van der Waals surface area contributed by atoms with Crippen molar-refractivity contribution in [2.45, 2.75) is 0 Å². The normalized spacial score (nSPS) is 10.2. The molecule has 0 unspecified atom stereocenters. The molecule has 1 N–H and O–H groups in total. The Morgan fingerprint density at radius 1 is 1.05 bits per heavy atom. The number of hydrogen-bond donors (Lipinski definition) is 1. The van der Waals surface area contributed by atoms with Gasteiger partial charge in [0.05, 0.1) is 22.3 Å². The maximum atomic E-state index is 13.7. The van der Waals surface area contributed by atoms with Crippen molar-refractivity contribution in [3.05, 3.63) is 56.8 Å². The second kappa shape index (κ2) is 5.73. The zero-order chi connectivity index (χ0) is 14.9. The number of nitriles is 1. The van der Waals surface area contributed by atoms with Crippen LogP contribution in [0.1, 0.15) is 5.56 Å². The first kappa shape index (κ1) is 14.7. The molecule has 0 aliphatic carbocycles.